The van der Waals surface area contributed by atoms with E-state index >= 15 is 0 Å². The molecular formula is C15H24I2O3Si. The van der Waals surface area contributed by atoms with Gasteiger partial charge in [0, 0.05) is 32.1 Å². The van der Waals surface area contributed by atoms with Gasteiger partial charge in [0.2, 0.25) is 0 Å². The zero-order valence-corrected chi connectivity index (χ0v) is 18.3. The third-order valence-electron chi connectivity index (χ3n) is 2.75. The second-order valence-corrected chi connectivity index (χ2v) is 9.65. The Morgan fingerprint density at radius 2 is 1.33 bits per heavy atom. The van der Waals surface area contributed by atoms with E-state index in [0.717, 1.165) is 28.0 Å². The molecule has 0 aromatic heterocycles. The zero-order valence-electron chi connectivity index (χ0n) is 13.0. The van der Waals surface area contributed by atoms with Gasteiger partial charge >= 0.3 is 8.80 Å². The largest absolute Gasteiger partial charge is 0.538 e. The predicted octanol–water partition coefficient (Wildman–Crippen LogP) is 4.32. The third-order valence-corrected chi connectivity index (χ3v) is 7.67. The van der Waals surface area contributed by atoms with E-state index in [1.807, 2.05) is 0 Å². The highest BCUT2D eigenvalue weighted by Gasteiger charge is 2.45. The van der Waals surface area contributed by atoms with Gasteiger partial charge in [0.25, 0.3) is 0 Å². The van der Waals surface area contributed by atoms with Crippen LogP contribution in [0, 0.1) is 7.14 Å². The van der Waals surface area contributed by atoms with Gasteiger partial charge in [-0.2, -0.15) is 0 Å². The van der Waals surface area contributed by atoms with Crippen LogP contribution in [0.2, 0.25) is 0 Å². The molecule has 0 radical (unpaired) electrons. The predicted molar refractivity (Wildman–Crippen MR) is 106 cm³/mol. The van der Waals surface area contributed by atoms with Crippen molar-refractivity contribution in [1.82, 2.24) is 0 Å². The van der Waals surface area contributed by atoms with Crippen molar-refractivity contribution in [3.05, 3.63) is 25.3 Å². The van der Waals surface area contributed by atoms with E-state index in [-0.39, 0.29) is 0 Å². The van der Waals surface area contributed by atoms with Crippen molar-refractivity contribution in [2.75, 3.05) is 19.8 Å². The monoisotopic (exact) mass is 534 g/mol. The van der Waals surface area contributed by atoms with Crippen LogP contribution in [0.1, 0.15) is 40.0 Å². The van der Waals surface area contributed by atoms with Gasteiger partial charge in [0.15, 0.2) is 0 Å². The van der Waals surface area contributed by atoms with Crippen LogP contribution in [0.3, 0.4) is 0 Å². The van der Waals surface area contributed by atoms with Crippen LogP contribution in [0.4, 0.5) is 0 Å². The summed E-state index contributed by atoms with van der Waals surface area (Å²) < 4.78 is 20.9. The molecule has 0 fully saturated rings. The summed E-state index contributed by atoms with van der Waals surface area (Å²) in [7, 11) is -2.81. The maximum absolute atomic E-state index is 6.18. The number of halogens is 2. The molecule has 3 nitrogen and oxygen atoms in total. The number of rotatable bonds is 10. The molecule has 0 saturated heterocycles. The molecule has 0 bridgehead atoms. The summed E-state index contributed by atoms with van der Waals surface area (Å²) in [6.07, 6.45) is 2.88. The first-order valence-corrected chi connectivity index (χ1v) is 11.3. The van der Waals surface area contributed by atoms with Crippen molar-refractivity contribution in [2.24, 2.45) is 0 Å². The zero-order chi connectivity index (χ0) is 15.7. The fourth-order valence-electron chi connectivity index (χ4n) is 1.81. The van der Waals surface area contributed by atoms with E-state index in [1.54, 1.807) is 0 Å². The highest BCUT2D eigenvalue weighted by Crippen LogP contribution is 2.18. The lowest BCUT2D eigenvalue weighted by molar-refractivity contribution is 0.0730. The second-order valence-electron chi connectivity index (χ2n) is 4.73. The van der Waals surface area contributed by atoms with Gasteiger partial charge in [-0.15, -0.1) is 0 Å². The summed E-state index contributed by atoms with van der Waals surface area (Å²) in [4.78, 5) is 0. The van der Waals surface area contributed by atoms with Crippen molar-refractivity contribution < 1.29 is 13.3 Å². The average Bonchev–Trinajstić information content (AvgIpc) is 2.47. The first kappa shape index (κ1) is 19.8. The lowest BCUT2D eigenvalue weighted by atomic mass is 10.4. The highest BCUT2D eigenvalue weighted by molar-refractivity contribution is 14.1. The maximum atomic E-state index is 6.18. The first-order chi connectivity index (χ1) is 10.1. The first-order valence-electron chi connectivity index (χ1n) is 7.47. The van der Waals surface area contributed by atoms with Gasteiger partial charge in [0.1, 0.15) is 0 Å². The van der Waals surface area contributed by atoms with Crippen molar-refractivity contribution >= 4 is 59.2 Å². The molecule has 1 aromatic carbocycles. The van der Waals surface area contributed by atoms with Gasteiger partial charge in [-0.1, -0.05) is 26.8 Å². The van der Waals surface area contributed by atoms with Gasteiger partial charge in [0.05, 0.1) is 0 Å². The van der Waals surface area contributed by atoms with Crippen LogP contribution >= 0.6 is 45.2 Å². The normalized spacial score (nSPS) is 11.9. The van der Waals surface area contributed by atoms with Crippen LogP contribution in [-0.2, 0) is 13.3 Å². The molecule has 0 spiro atoms. The topological polar surface area (TPSA) is 27.7 Å². The van der Waals surface area contributed by atoms with E-state index < -0.39 is 8.80 Å². The summed E-state index contributed by atoms with van der Waals surface area (Å²) in [5, 5.41) is 1.10. The fraction of sp³-hybridized carbons (Fsp3) is 0.600. The Bertz CT molecular complexity index is 408. The van der Waals surface area contributed by atoms with Gasteiger partial charge in [-0.3, -0.25) is 0 Å². The van der Waals surface area contributed by atoms with Gasteiger partial charge in [-0.05, 0) is 76.6 Å². The Hall–Kier alpha value is 0.777. The van der Waals surface area contributed by atoms with E-state index in [0.29, 0.717) is 19.8 Å². The second kappa shape index (κ2) is 10.5. The lowest BCUT2D eigenvalue weighted by Gasteiger charge is -2.30. The molecule has 0 saturated carbocycles. The number of hydrogen-bond donors (Lipinski definition) is 0. The maximum Gasteiger partial charge on any atom is 0.538 e. The quantitative estimate of drug-likeness (QED) is 0.331. The van der Waals surface area contributed by atoms with Gasteiger partial charge in [-0.25, -0.2) is 0 Å². The highest BCUT2D eigenvalue weighted by atomic mass is 127. The number of benzene rings is 1. The summed E-state index contributed by atoms with van der Waals surface area (Å²) >= 11 is 4.68. The molecular weight excluding hydrogens is 510 g/mol. The fourth-order valence-corrected chi connectivity index (χ4v) is 7.19. The Labute approximate surface area is 156 Å². The molecule has 0 amide bonds. The van der Waals surface area contributed by atoms with Crippen LogP contribution in [-0.4, -0.2) is 28.6 Å². The van der Waals surface area contributed by atoms with Gasteiger partial charge < -0.3 is 13.3 Å². The van der Waals surface area contributed by atoms with E-state index in [4.69, 9.17) is 13.3 Å². The third kappa shape index (κ3) is 6.06. The smallest absolute Gasteiger partial charge is 0.370 e. The molecule has 0 unspecified atom stereocenters. The molecule has 0 N–H and O–H groups in total. The van der Waals surface area contributed by atoms with Crippen LogP contribution in [0.15, 0.2) is 18.2 Å². The molecule has 1 rings (SSSR count). The molecule has 21 heavy (non-hydrogen) atoms. The van der Waals surface area contributed by atoms with E-state index in [1.165, 1.54) is 3.57 Å². The van der Waals surface area contributed by atoms with E-state index in [9.17, 15) is 0 Å². The summed E-state index contributed by atoms with van der Waals surface area (Å²) in [5.74, 6) is 0. The molecule has 0 atom stereocenters. The Morgan fingerprint density at radius 3 is 1.71 bits per heavy atom. The van der Waals surface area contributed by atoms with Crippen molar-refractivity contribution in [2.45, 2.75) is 40.0 Å². The minimum Gasteiger partial charge on any atom is -0.370 e. The minimum absolute atomic E-state index is 0.668. The standard InChI is InChI=1S/C15H24I2O3Si/c1-4-9-18-21(19-10-5-2,20-11-6-3)15-8-7-13(16)12-14(15)17/h7-8,12H,4-6,9-11H2,1-3H3. The molecule has 0 aliphatic heterocycles. The van der Waals surface area contributed by atoms with Crippen molar-refractivity contribution in [1.29, 1.82) is 0 Å². The van der Waals surface area contributed by atoms with Crippen molar-refractivity contribution in [3.63, 3.8) is 0 Å². The Balaban J connectivity index is 3.15. The average molecular weight is 534 g/mol. The molecule has 0 heterocycles. The summed E-state index contributed by atoms with van der Waals surface area (Å²) in [5.41, 5.74) is 0. The Morgan fingerprint density at radius 1 is 0.857 bits per heavy atom. The van der Waals surface area contributed by atoms with Crippen molar-refractivity contribution in [3.8, 4) is 0 Å². The molecule has 0 aliphatic rings. The molecule has 1 aromatic rings. The minimum atomic E-state index is -2.81. The summed E-state index contributed by atoms with van der Waals surface area (Å²) in [6.45, 7) is 8.33. The van der Waals surface area contributed by atoms with E-state index in [2.05, 4.69) is 84.2 Å². The number of hydrogen-bond acceptors (Lipinski definition) is 3. The van der Waals surface area contributed by atoms with Crippen LogP contribution < -0.4 is 5.19 Å². The molecule has 120 valence electrons. The SMILES string of the molecule is CCCO[Si](OCCC)(OCCC)c1ccc(I)cc1I. The van der Waals surface area contributed by atoms with Crippen LogP contribution in [0.25, 0.3) is 0 Å². The molecule has 6 heteroatoms. The summed E-state index contributed by atoms with van der Waals surface area (Å²) in [6, 6.07) is 6.36. The van der Waals surface area contributed by atoms with Crippen LogP contribution in [0.5, 0.6) is 0 Å². The molecule has 0 aliphatic carbocycles. The Kier molecular flexibility index (Phi) is 9.94. The lowest BCUT2D eigenvalue weighted by Crippen LogP contribution is -2.58.